The summed E-state index contributed by atoms with van der Waals surface area (Å²) in [6.07, 6.45) is 0.327. The second kappa shape index (κ2) is 10.7. The van der Waals surface area contributed by atoms with Gasteiger partial charge in [-0.1, -0.05) is 29.5 Å². The van der Waals surface area contributed by atoms with Crippen LogP contribution in [0.3, 0.4) is 0 Å². The van der Waals surface area contributed by atoms with E-state index in [4.69, 9.17) is 14.2 Å². The molecule has 0 N–H and O–H groups in total. The molecule has 3 heterocycles. The molecule has 2 aliphatic heterocycles. The second-order valence-electron chi connectivity index (χ2n) is 8.18. The molecule has 3 aromatic rings. The van der Waals surface area contributed by atoms with Crippen molar-refractivity contribution in [2.24, 2.45) is 0 Å². The molecule has 1 saturated heterocycles. The predicted molar refractivity (Wildman–Crippen MR) is 136 cm³/mol. The number of thiazole rings is 1. The maximum atomic E-state index is 13.7. The summed E-state index contributed by atoms with van der Waals surface area (Å²) in [5.41, 5.74) is 0.375. The molecule has 1 atom stereocenters. The van der Waals surface area contributed by atoms with Crippen LogP contribution in [0.15, 0.2) is 47.4 Å². The van der Waals surface area contributed by atoms with E-state index in [1.807, 2.05) is 18.2 Å². The van der Waals surface area contributed by atoms with Gasteiger partial charge in [-0.25, -0.2) is 13.4 Å². The molecule has 0 bridgehead atoms. The van der Waals surface area contributed by atoms with Crippen LogP contribution in [0.4, 0.5) is 5.13 Å². The molecule has 1 fully saturated rings. The number of hydrogen-bond donors (Lipinski definition) is 0. The Morgan fingerprint density at radius 1 is 1.14 bits per heavy atom. The van der Waals surface area contributed by atoms with Crippen molar-refractivity contribution in [3.8, 4) is 11.5 Å². The molecule has 0 saturated carbocycles. The van der Waals surface area contributed by atoms with E-state index < -0.39 is 15.9 Å². The summed E-state index contributed by atoms with van der Waals surface area (Å²) in [6.45, 7) is 3.99. The van der Waals surface area contributed by atoms with Crippen LogP contribution in [0.5, 0.6) is 11.5 Å². The predicted octanol–water partition coefficient (Wildman–Crippen LogP) is 2.63. The summed E-state index contributed by atoms with van der Waals surface area (Å²) in [5, 5.41) is 0.437. The molecule has 188 valence electrons. The highest BCUT2D eigenvalue weighted by Crippen LogP contribution is 2.35. The van der Waals surface area contributed by atoms with Gasteiger partial charge in [0, 0.05) is 32.4 Å². The molecule has 5 rings (SSSR count). The van der Waals surface area contributed by atoms with Crippen molar-refractivity contribution in [2.75, 3.05) is 57.2 Å². The number of amides is 1. The van der Waals surface area contributed by atoms with E-state index in [1.165, 1.54) is 17.4 Å². The highest BCUT2D eigenvalue weighted by Gasteiger charge is 2.34. The first-order valence-corrected chi connectivity index (χ1v) is 13.7. The zero-order valence-corrected chi connectivity index (χ0v) is 21.5. The molecule has 35 heavy (non-hydrogen) atoms. The van der Waals surface area contributed by atoms with Crippen LogP contribution in [-0.4, -0.2) is 82.6 Å². The number of anilines is 1. The summed E-state index contributed by atoms with van der Waals surface area (Å²) in [4.78, 5) is 22.2. The highest BCUT2D eigenvalue weighted by molar-refractivity contribution is 7.91. The Morgan fingerprint density at radius 2 is 1.89 bits per heavy atom. The minimum Gasteiger partial charge on any atom is -0.485 e. The number of halogens is 1. The van der Waals surface area contributed by atoms with E-state index in [9.17, 15) is 13.2 Å². The zero-order chi connectivity index (χ0) is 23.7. The number of ether oxygens (including phenoxy) is 3. The molecule has 0 spiro atoms. The number of sulfone groups is 1. The van der Waals surface area contributed by atoms with Crippen LogP contribution in [0.25, 0.3) is 10.2 Å². The number of rotatable bonds is 6. The number of hydrogen-bond acceptors (Lipinski definition) is 9. The lowest BCUT2D eigenvalue weighted by Crippen LogP contribution is -2.49. The summed E-state index contributed by atoms with van der Waals surface area (Å²) < 4.78 is 42.4. The molecule has 1 amide bonds. The topological polar surface area (TPSA) is 98.3 Å². The van der Waals surface area contributed by atoms with E-state index in [-0.39, 0.29) is 29.8 Å². The van der Waals surface area contributed by atoms with Crippen LogP contribution in [0.1, 0.15) is 0 Å². The molecule has 0 radical (unpaired) electrons. The van der Waals surface area contributed by atoms with Crippen molar-refractivity contribution >= 4 is 54.8 Å². The zero-order valence-electron chi connectivity index (χ0n) is 19.1. The van der Waals surface area contributed by atoms with E-state index in [1.54, 1.807) is 23.1 Å². The largest absolute Gasteiger partial charge is 0.485 e. The first kappa shape index (κ1) is 25.6. The average Bonchev–Trinajstić information content (AvgIpc) is 3.27. The third-order valence-corrected chi connectivity index (χ3v) is 7.97. The van der Waals surface area contributed by atoms with Gasteiger partial charge in [0.2, 0.25) is 6.10 Å². The van der Waals surface area contributed by atoms with Gasteiger partial charge in [-0.05, 0) is 24.3 Å². The quantitative estimate of drug-likeness (QED) is 0.471. The van der Waals surface area contributed by atoms with Gasteiger partial charge in [-0.15, -0.1) is 12.4 Å². The van der Waals surface area contributed by atoms with Gasteiger partial charge in [-0.3, -0.25) is 14.6 Å². The van der Waals surface area contributed by atoms with E-state index in [0.717, 1.165) is 19.3 Å². The number of nitrogens with zero attached hydrogens (tertiary/aromatic N) is 3. The minimum atomic E-state index is -3.47. The normalized spacial score (nSPS) is 18.1. The fourth-order valence-corrected chi connectivity index (χ4v) is 5.93. The monoisotopic (exact) mass is 539 g/mol. The lowest BCUT2D eigenvalue weighted by Gasteiger charge is -2.32. The Kier molecular flexibility index (Phi) is 7.82. The minimum absolute atomic E-state index is 0. The van der Waals surface area contributed by atoms with Crippen molar-refractivity contribution in [1.82, 2.24) is 9.88 Å². The van der Waals surface area contributed by atoms with E-state index in [0.29, 0.717) is 53.2 Å². The first-order chi connectivity index (χ1) is 16.4. The average molecular weight is 540 g/mol. The van der Waals surface area contributed by atoms with Crippen LogP contribution < -0.4 is 14.4 Å². The molecular weight excluding hydrogens is 514 g/mol. The number of aromatic nitrogens is 1. The van der Waals surface area contributed by atoms with Crippen molar-refractivity contribution in [3.63, 3.8) is 0 Å². The lowest BCUT2D eigenvalue weighted by atomic mass is 10.2. The smallest absolute Gasteiger partial charge is 0.273 e. The highest BCUT2D eigenvalue weighted by atomic mass is 35.5. The van der Waals surface area contributed by atoms with Crippen molar-refractivity contribution < 1.29 is 27.4 Å². The molecule has 12 heteroatoms. The summed E-state index contributed by atoms with van der Waals surface area (Å²) in [5.74, 6) is 0.843. The number of carbonyl (C=O) groups is 1. The van der Waals surface area contributed by atoms with Crippen LogP contribution in [-0.2, 0) is 19.4 Å². The standard InChI is InChI=1S/C23H25N3O6S2.ClH/c1-34(28,29)20-8-4-7-19-21(20)24-23(33-19)26(10-9-25-11-13-30-14-12-25)22(27)18-15-31-16-5-2-3-6-17(16)32-18;/h2-8,18H,9-15H2,1H3;1H. The molecule has 2 aromatic carbocycles. The number of benzene rings is 2. The van der Waals surface area contributed by atoms with Crippen LogP contribution in [0.2, 0.25) is 0 Å². The molecule has 1 aromatic heterocycles. The first-order valence-electron chi connectivity index (χ1n) is 11.0. The van der Waals surface area contributed by atoms with Gasteiger partial charge in [0.05, 0.1) is 22.8 Å². The molecule has 1 unspecified atom stereocenters. The Morgan fingerprint density at radius 3 is 2.63 bits per heavy atom. The molecule has 9 nitrogen and oxygen atoms in total. The maximum absolute atomic E-state index is 13.7. The third-order valence-electron chi connectivity index (χ3n) is 5.79. The number of morpholine rings is 1. The van der Waals surface area contributed by atoms with Gasteiger partial charge >= 0.3 is 0 Å². The lowest BCUT2D eigenvalue weighted by molar-refractivity contribution is -0.127. The number of fused-ring (bicyclic) bond motifs is 2. The van der Waals surface area contributed by atoms with Crippen LogP contribution in [0, 0.1) is 0 Å². The summed E-state index contributed by atoms with van der Waals surface area (Å²) in [6, 6.07) is 12.3. The fourth-order valence-electron chi connectivity index (χ4n) is 4.01. The third kappa shape index (κ3) is 5.54. The van der Waals surface area contributed by atoms with E-state index in [2.05, 4.69) is 9.88 Å². The summed E-state index contributed by atoms with van der Waals surface area (Å²) >= 11 is 1.29. The van der Waals surface area contributed by atoms with Crippen LogP contribution >= 0.6 is 23.7 Å². The Bertz CT molecular complexity index is 1310. The maximum Gasteiger partial charge on any atom is 0.273 e. The number of para-hydroxylation sites is 3. The molecule has 0 aliphatic carbocycles. The van der Waals surface area contributed by atoms with Gasteiger partial charge < -0.3 is 14.2 Å². The van der Waals surface area contributed by atoms with Gasteiger partial charge in [0.1, 0.15) is 12.1 Å². The molecule has 2 aliphatic rings. The Labute approximate surface area is 213 Å². The van der Waals surface area contributed by atoms with Crippen molar-refractivity contribution in [2.45, 2.75) is 11.0 Å². The molecular formula is C23H26ClN3O6S2. The Balaban J connectivity index is 0.00000289. The van der Waals surface area contributed by atoms with Gasteiger partial charge in [-0.2, -0.15) is 0 Å². The van der Waals surface area contributed by atoms with Gasteiger partial charge in [0.25, 0.3) is 5.91 Å². The SMILES string of the molecule is CS(=O)(=O)c1cccc2sc(N(CCN3CCOCC3)C(=O)C3COc4ccccc4O3)nc12.Cl. The van der Waals surface area contributed by atoms with Gasteiger partial charge in [0.15, 0.2) is 26.5 Å². The van der Waals surface area contributed by atoms with Crippen molar-refractivity contribution in [3.05, 3.63) is 42.5 Å². The summed E-state index contributed by atoms with van der Waals surface area (Å²) in [7, 11) is -3.47. The van der Waals surface area contributed by atoms with Crippen molar-refractivity contribution in [1.29, 1.82) is 0 Å². The van der Waals surface area contributed by atoms with E-state index >= 15 is 0 Å². The number of carbonyl (C=O) groups excluding carboxylic acids is 1. The second-order valence-corrected chi connectivity index (χ2v) is 11.2. The Hall–Kier alpha value is -2.44. The fraction of sp³-hybridized carbons (Fsp3) is 0.391.